The standard InChI is InChI=1S/C9H15N3O5S/c1-5(13)10-7(9(16)17)3-18-4-8(15)12-11-6(2)14/h7H,3-4H2,1-2H3,(H,10,13)(H,11,14)(H,12,15)(H,16,17)/t7-/m0/s1. The van der Waals surface area contributed by atoms with Crippen LogP contribution in [-0.4, -0.2) is 46.3 Å². The molecule has 1 atom stereocenters. The minimum atomic E-state index is -1.17. The molecule has 9 heteroatoms. The normalized spacial score (nSPS) is 11.2. The Morgan fingerprint density at radius 3 is 2.17 bits per heavy atom. The second-order valence-electron chi connectivity index (χ2n) is 3.34. The lowest BCUT2D eigenvalue weighted by atomic mass is 10.3. The zero-order valence-electron chi connectivity index (χ0n) is 9.98. The molecule has 18 heavy (non-hydrogen) atoms. The van der Waals surface area contributed by atoms with Crippen molar-refractivity contribution in [3.05, 3.63) is 0 Å². The Bertz CT molecular complexity index is 347. The number of nitrogens with one attached hydrogen (secondary N) is 3. The summed E-state index contributed by atoms with van der Waals surface area (Å²) < 4.78 is 0. The van der Waals surface area contributed by atoms with E-state index in [1.807, 2.05) is 0 Å². The molecule has 0 aromatic carbocycles. The van der Waals surface area contributed by atoms with Gasteiger partial charge in [0.1, 0.15) is 6.04 Å². The van der Waals surface area contributed by atoms with Crippen LogP contribution in [0.15, 0.2) is 0 Å². The highest BCUT2D eigenvalue weighted by molar-refractivity contribution is 8.00. The predicted molar refractivity (Wildman–Crippen MR) is 64.5 cm³/mol. The topological polar surface area (TPSA) is 125 Å². The van der Waals surface area contributed by atoms with Crippen molar-refractivity contribution < 1.29 is 24.3 Å². The first-order valence-electron chi connectivity index (χ1n) is 4.96. The van der Waals surface area contributed by atoms with Crippen molar-refractivity contribution in [3.63, 3.8) is 0 Å². The number of thioether (sulfide) groups is 1. The molecule has 3 amide bonds. The highest BCUT2D eigenvalue weighted by atomic mass is 32.2. The molecule has 0 bridgehead atoms. The van der Waals surface area contributed by atoms with E-state index in [0.29, 0.717) is 0 Å². The number of carbonyl (C=O) groups is 4. The van der Waals surface area contributed by atoms with E-state index in [4.69, 9.17) is 5.11 Å². The van der Waals surface area contributed by atoms with E-state index in [1.165, 1.54) is 13.8 Å². The van der Waals surface area contributed by atoms with Crippen molar-refractivity contribution in [2.45, 2.75) is 19.9 Å². The molecule has 0 fully saturated rings. The summed E-state index contributed by atoms with van der Waals surface area (Å²) in [6.07, 6.45) is 0. The van der Waals surface area contributed by atoms with Gasteiger partial charge in [-0.05, 0) is 0 Å². The van der Waals surface area contributed by atoms with Crippen molar-refractivity contribution in [2.75, 3.05) is 11.5 Å². The van der Waals surface area contributed by atoms with Crippen LogP contribution in [0.5, 0.6) is 0 Å². The van der Waals surface area contributed by atoms with E-state index in [9.17, 15) is 19.2 Å². The minimum absolute atomic E-state index is 0.0242. The van der Waals surface area contributed by atoms with Gasteiger partial charge in [-0.2, -0.15) is 0 Å². The molecule has 0 saturated carbocycles. The lowest BCUT2D eigenvalue weighted by Gasteiger charge is -2.12. The predicted octanol–water partition coefficient (Wildman–Crippen LogP) is -1.52. The smallest absolute Gasteiger partial charge is 0.327 e. The zero-order chi connectivity index (χ0) is 14.1. The SMILES string of the molecule is CC(=O)NNC(=O)CSC[C@H](NC(C)=O)C(=O)O. The molecule has 0 aromatic heterocycles. The van der Waals surface area contributed by atoms with Crippen LogP contribution < -0.4 is 16.2 Å². The Morgan fingerprint density at radius 2 is 1.72 bits per heavy atom. The minimum Gasteiger partial charge on any atom is -0.480 e. The fraction of sp³-hybridized carbons (Fsp3) is 0.556. The number of carbonyl (C=O) groups excluding carboxylic acids is 3. The second-order valence-corrected chi connectivity index (χ2v) is 4.37. The number of hydrogen-bond donors (Lipinski definition) is 4. The van der Waals surface area contributed by atoms with Gasteiger partial charge >= 0.3 is 5.97 Å². The molecule has 0 saturated heterocycles. The monoisotopic (exact) mass is 277 g/mol. The molecule has 0 rings (SSSR count). The Hall–Kier alpha value is -1.77. The Morgan fingerprint density at radius 1 is 1.11 bits per heavy atom. The van der Waals surface area contributed by atoms with Gasteiger partial charge in [-0.25, -0.2) is 4.79 Å². The summed E-state index contributed by atoms with van der Waals surface area (Å²) in [7, 11) is 0. The molecule has 4 N–H and O–H groups in total. The molecule has 0 aromatic rings. The maximum absolute atomic E-state index is 11.1. The van der Waals surface area contributed by atoms with Crippen LogP contribution in [0.3, 0.4) is 0 Å². The lowest BCUT2D eigenvalue weighted by molar-refractivity contribution is -0.140. The third-order valence-corrected chi connectivity index (χ3v) is 2.61. The average molecular weight is 277 g/mol. The molecule has 0 aliphatic rings. The molecule has 0 radical (unpaired) electrons. The largest absolute Gasteiger partial charge is 0.480 e. The van der Waals surface area contributed by atoms with Gasteiger partial charge in [-0.3, -0.25) is 25.2 Å². The number of hydrogen-bond acceptors (Lipinski definition) is 5. The molecule has 102 valence electrons. The van der Waals surface area contributed by atoms with E-state index in [0.717, 1.165) is 11.8 Å². The molecular formula is C9H15N3O5S. The van der Waals surface area contributed by atoms with Crippen molar-refractivity contribution in [3.8, 4) is 0 Å². The Labute approximate surface area is 108 Å². The number of rotatable bonds is 6. The van der Waals surface area contributed by atoms with Gasteiger partial charge in [0.05, 0.1) is 5.75 Å². The number of carboxylic acid groups (broad SMARTS) is 1. The molecular weight excluding hydrogens is 262 g/mol. The van der Waals surface area contributed by atoms with Crippen LogP contribution in [-0.2, 0) is 19.2 Å². The molecule has 8 nitrogen and oxygen atoms in total. The van der Waals surface area contributed by atoms with Crippen molar-refractivity contribution >= 4 is 35.5 Å². The van der Waals surface area contributed by atoms with Gasteiger partial charge in [0.15, 0.2) is 0 Å². The Kier molecular flexibility index (Phi) is 7.52. The van der Waals surface area contributed by atoms with Crippen molar-refractivity contribution in [2.24, 2.45) is 0 Å². The first kappa shape index (κ1) is 16.2. The molecule has 0 aliphatic heterocycles. The van der Waals surface area contributed by atoms with Crippen molar-refractivity contribution in [1.82, 2.24) is 16.2 Å². The van der Waals surface area contributed by atoms with Gasteiger partial charge in [0.2, 0.25) is 17.7 Å². The van der Waals surface area contributed by atoms with E-state index in [-0.39, 0.29) is 11.5 Å². The highest BCUT2D eigenvalue weighted by Crippen LogP contribution is 2.03. The van der Waals surface area contributed by atoms with Crippen molar-refractivity contribution in [1.29, 1.82) is 0 Å². The molecule has 0 aliphatic carbocycles. The van der Waals surface area contributed by atoms with E-state index in [1.54, 1.807) is 0 Å². The van der Waals surface area contributed by atoms with Crippen LogP contribution in [0.2, 0.25) is 0 Å². The summed E-state index contributed by atoms with van der Waals surface area (Å²) in [4.78, 5) is 43.1. The summed E-state index contributed by atoms with van der Waals surface area (Å²) >= 11 is 1.03. The molecule has 0 heterocycles. The van der Waals surface area contributed by atoms with Crippen LogP contribution in [0.4, 0.5) is 0 Å². The van der Waals surface area contributed by atoms with Crippen LogP contribution >= 0.6 is 11.8 Å². The Balaban J connectivity index is 3.92. The number of aliphatic carboxylic acids is 1. The summed E-state index contributed by atoms with van der Waals surface area (Å²) in [6, 6.07) is -1.04. The van der Waals surface area contributed by atoms with Gasteiger partial charge < -0.3 is 10.4 Å². The molecule has 0 unspecified atom stereocenters. The summed E-state index contributed by atoms with van der Waals surface area (Å²) in [6.45, 7) is 2.45. The number of hydrazine groups is 1. The van der Waals surface area contributed by atoms with Gasteiger partial charge in [0, 0.05) is 19.6 Å². The molecule has 0 spiro atoms. The van der Waals surface area contributed by atoms with Crippen LogP contribution in [0.25, 0.3) is 0 Å². The van der Waals surface area contributed by atoms with Gasteiger partial charge in [-0.15, -0.1) is 11.8 Å². The fourth-order valence-electron chi connectivity index (χ4n) is 0.883. The number of amides is 3. The zero-order valence-corrected chi connectivity index (χ0v) is 10.8. The summed E-state index contributed by atoms with van der Waals surface area (Å²) in [5.41, 5.74) is 4.23. The van der Waals surface area contributed by atoms with Gasteiger partial charge in [0.25, 0.3) is 0 Å². The number of carboxylic acids is 1. The fourth-order valence-corrected chi connectivity index (χ4v) is 1.72. The maximum Gasteiger partial charge on any atom is 0.327 e. The third-order valence-electron chi connectivity index (χ3n) is 1.57. The first-order chi connectivity index (χ1) is 8.32. The van der Waals surface area contributed by atoms with Crippen LogP contribution in [0.1, 0.15) is 13.8 Å². The lowest BCUT2D eigenvalue weighted by Crippen LogP contribution is -2.43. The van der Waals surface area contributed by atoms with E-state index in [2.05, 4.69) is 16.2 Å². The average Bonchev–Trinajstić information content (AvgIpc) is 2.24. The first-order valence-corrected chi connectivity index (χ1v) is 6.11. The quantitative estimate of drug-likeness (QED) is 0.437. The highest BCUT2D eigenvalue weighted by Gasteiger charge is 2.18. The summed E-state index contributed by atoms with van der Waals surface area (Å²) in [5, 5.41) is 11.0. The van der Waals surface area contributed by atoms with E-state index < -0.39 is 29.7 Å². The van der Waals surface area contributed by atoms with Crippen LogP contribution in [0, 0.1) is 0 Å². The summed E-state index contributed by atoms with van der Waals surface area (Å²) in [5.74, 6) is -2.45. The second kappa shape index (κ2) is 8.34. The maximum atomic E-state index is 11.1. The third kappa shape index (κ3) is 8.39. The van der Waals surface area contributed by atoms with Gasteiger partial charge in [-0.1, -0.05) is 0 Å². The van der Waals surface area contributed by atoms with E-state index >= 15 is 0 Å².